The molecule has 0 saturated carbocycles. The number of alkyl halides is 4. The van der Waals surface area contributed by atoms with Gasteiger partial charge in [-0.15, -0.1) is 11.3 Å². The van der Waals surface area contributed by atoms with Crippen molar-refractivity contribution in [2.75, 3.05) is 50.7 Å². The summed E-state index contributed by atoms with van der Waals surface area (Å²) >= 11 is 1.20. The number of thiophene rings is 1. The third-order valence-electron chi connectivity index (χ3n) is 8.67. The number of hydrogen-bond acceptors (Lipinski definition) is 7. The van der Waals surface area contributed by atoms with Gasteiger partial charge in [0.25, 0.3) is 0 Å². The highest BCUT2D eigenvalue weighted by Gasteiger charge is 2.36. The summed E-state index contributed by atoms with van der Waals surface area (Å²) in [5.74, 6) is 6.43. The van der Waals surface area contributed by atoms with Gasteiger partial charge in [0.2, 0.25) is 0 Å². The number of halogens is 4. The summed E-state index contributed by atoms with van der Waals surface area (Å²) in [5, 5.41) is 7.65. The van der Waals surface area contributed by atoms with E-state index in [-0.39, 0.29) is 30.4 Å². The summed E-state index contributed by atoms with van der Waals surface area (Å²) in [6.45, 7) is 8.69. The Morgan fingerprint density at radius 2 is 1.87 bits per heavy atom. The molecule has 0 bridgehead atoms. The Kier molecular flexibility index (Phi) is 10.6. The maximum atomic E-state index is 15.6. The van der Waals surface area contributed by atoms with Gasteiger partial charge in [0.15, 0.2) is 0 Å². The van der Waals surface area contributed by atoms with E-state index in [1.807, 2.05) is 0 Å². The molecule has 2 aliphatic heterocycles. The van der Waals surface area contributed by atoms with Crippen molar-refractivity contribution < 1.29 is 31.6 Å². The first-order valence-electron chi connectivity index (χ1n) is 15.6. The first kappa shape index (κ1) is 34.6. The van der Waals surface area contributed by atoms with Crippen molar-refractivity contribution >= 4 is 45.2 Å². The second-order valence-corrected chi connectivity index (χ2v) is 16.9. The fourth-order valence-electron chi connectivity index (χ4n) is 6.48. The summed E-state index contributed by atoms with van der Waals surface area (Å²) in [4.78, 5) is 2.56. The number of rotatable bonds is 8. The van der Waals surface area contributed by atoms with Crippen molar-refractivity contribution in [1.82, 2.24) is 4.90 Å². The van der Waals surface area contributed by atoms with Gasteiger partial charge in [-0.25, -0.2) is 4.39 Å². The highest BCUT2D eigenvalue weighted by atomic mass is 32.1. The van der Waals surface area contributed by atoms with E-state index in [1.165, 1.54) is 18.4 Å². The number of nitrogens with zero attached hydrogens (tertiary/aromatic N) is 1. The van der Waals surface area contributed by atoms with Crippen LogP contribution in [0.5, 0.6) is 5.75 Å². The Morgan fingerprint density at radius 3 is 2.52 bits per heavy atom. The molecule has 250 valence electrons. The number of likely N-dealkylation sites (tertiary alicyclic amines) is 1. The van der Waals surface area contributed by atoms with Gasteiger partial charge in [0.1, 0.15) is 19.1 Å². The van der Waals surface area contributed by atoms with Crippen molar-refractivity contribution in [3.8, 4) is 17.6 Å². The Bertz CT molecular complexity index is 1640. The SMILES string of the molecule is COc1cc(P(C)(C)=O)ccc1NCC#Cc1sc2c(N[C@@H]3CCN(C4C[C@@H](C)O[C@H](C)C4)C[C@@H]3F)cccc2c1CC(F)(F)F. The quantitative estimate of drug-likeness (QED) is 0.146. The zero-order valence-electron chi connectivity index (χ0n) is 26.8. The van der Waals surface area contributed by atoms with Crippen LogP contribution in [0.1, 0.15) is 43.6 Å². The molecule has 12 heteroatoms. The molecule has 2 aliphatic rings. The van der Waals surface area contributed by atoms with Crippen LogP contribution < -0.4 is 20.7 Å². The van der Waals surface area contributed by atoms with Crippen molar-refractivity contribution in [3.05, 3.63) is 46.8 Å². The van der Waals surface area contributed by atoms with E-state index >= 15 is 4.39 Å². The predicted molar refractivity (Wildman–Crippen MR) is 181 cm³/mol. The molecular formula is C34H42F4N3O3PS. The van der Waals surface area contributed by atoms with E-state index < -0.39 is 32.0 Å². The molecule has 5 rings (SSSR count). The third kappa shape index (κ3) is 8.38. The van der Waals surface area contributed by atoms with Crippen molar-refractivity contribution in [2.24, 2.45) is 0 Å². The number of piperidine rings is 1. The first-order chi connectivity index (χ1) is 21.7. The standard InChI is InChI=1S/C34H42F4N3O3PS/c1-21-16-23(17-22(2)44-21)41-15-13-28(27(35)20-41)40-30-9-6-8-25-26(19-34(36,37)38)32(46-33(25)30)10-7-14-39-29-12-11-24(45(4,5)42)18-31(29)43-3/h6,8-9,11-12,18,21-23,27-28,39-40H,13-17,19-20H2,1-5H3/t21-,22-,27+,28-/m1/s1. The molecule has 0 radical (unpaired) electrons. The lowest BCUT2D eigenvalue weighted by Gasteiger charge is -2.43. The van der Waals surface area contributed by atoms with Crippen LogP contribution in [0.3, 0.4) is 0 Å². The molecule has 0 amide bonds. The topological polar surface area (TPSA) is 62.8 Å². The molecule has 2 N–H and O–H groups in total. The van der Waals surface area contributed by atoms with Gasteiger partial charge in [-0.1, -0.05) is 24.0 Å². The first-order valence-corrected chi connectivity index (χ1v) is 19.0. The lowest BCUT2D eigenvalue weighted by atomic mass is 9.94. The van der Waals surface area contributed by atoms with Crippen LogP contribution in [-0.4, -0.2) is 81.6 Å². The molecule has 3 heterocycles. The summed E-state index contributed by atoms with van der Waals surface area (Å²) in [6, 6.07) is 10.3. The van der Waals surface area contributed by atoms with Crippen LogP contribution in [0.2, 0.25) is 0 Å². The zero-order valence-corrected chi connectivity index (χ0v) is 28.6. The predicted octanol–water partition coefficient (Wildman–Crippen LogP) is 7.51. The molecule has 4 atom stereocenters. The van der Waals surface area contributed by atoms with Crippen LogP contribution in [0.4, 0.5) is 28.9 Å². The van der Waals surface area contributed by atoms with Gasteiger partial charge in [0, 0.05) is 24.4 Å². The summed E-state index contributed by atoms with van der Waals surface area (Å²) in [6.07, 6.45) is -4.01. The Hall–Kier alpha value is -2.77. The molecule has 3 aromatic rings. The number of nitrogens with one attached hydrogen (secondary N) is 2. The molecule has 6 nitrogen and oxygen atoms in total. The van der Waals surface area contributed by atoms with Crippen molar-refractivity contribution in [2.45, 2.75) is 76.2 Å². The van der Waals surface area contributed by atoms with Gasteiger partial charge < -0.3 is 24.7 Å². The minimum atomic E-state index is -4.42. The Balaban J connectivity index is 1.33. The highest BCUT2D eigenvalue weighted by Crippen LogP contribution is 2.40. The normalized spacial score (nSPS) is 24.3. The van der Waals surface area contributed by atoms with E-state index in [4.69, 9.17) is 9.47 Å². The van der Waals surface area contributed by atoms with Gasteiger partial charge in [-0.3, -0.25) is 4.90 Å². The summed E-state index contributed by atoms with van der Waals surface area (Å²) in [7, 11) is -0.965. The molecule has 0 unspecified atom stereocenters. The van der Waals surface area contributed by atoms with Gasteiger partial charge in [-0.05, 0) is 81.7 Å². The van der Waals surface area contributed by atoms with Gasteiger partial charge in [0.05, 0.1) is 59.3 Å². The molecule has 46 heavy (non-hydrogen) atoms. The highest BCUT2D eigenvalue weighted by molar-refractivity contribution is 7.70. The van der Waals surface area contributed by atoms with Crippen LogP contribution in [0.25, 0.3) is 10.1 Å². The number of ether oxygens (including phenoxy) is 2. The lowest BCUT2D eigenvalue weighted by molar-refractivity contribution is -0.126. The van der Waals surface area contributed by atoms with E-state index in [0.29, 0.717) is 50.4 Å². The largest absolute Gasteiger partial charge is 0.495 e. The fraction of sp³-hybridized carbons (Fsp3) is 0.529. The van der Waals surface area contributed by atoms with Crippen LogP contribution in [0, 0.1) is 11.8 Å². The van der Waals surface area contributed by atoms with E-state index in [2.05, 4.69) is 41.2 Å². The summed E-state index contributed by atoms with van der Waals surface area (Å²) < 4.78 is 81.2. The minimum Gasteiger partial charge on any atom is -0.495 e. The van der Waals surface area contributed by atoms with Crippen molar-refractivity contribution in [1.29, 1.82) is 0 Å². The fourth-order valence-corrected chi connectivity index (χ4v) is 8.51. The maximum absolute atomic E-state index is 15.6. The van der Waals surface area contributed by atoms with E-state index in [1.54, 1.807) is 49.7 Å². The molecule has 2 fully saturated rings. The average molecular weight is 680 g/mol. The molecular weight excluding hydrogens is 637 g/mol. The number of anilines is 2. The second-order valence-electron chi connectivity index (χ2n) is 12.7. The van der Waals surface area contributed by atoms with Crippen molar-refractivity contribution in [3.63, 3.8) is 0 Å². The minimum absolute atomic E-state index is 0.126. The lowest BCUT2D eigenvalue weighted by Crippen LogP contribution is -2.53. The summed E-state index contributed by atoms with van der Waals surface area (Å²) in [5.41, 5.74) is 1.39. The maximum Gasteiger partial charge on any atom is 0.393 e. The Labute approximate surface area is 272 Å². The molecule has 0 spiro atoms. The van der Waals surface area contributed by atoms with E-state index in [0.717, 1.165) is 19.4 Å². The van der Waals surface area contributed by atoms with Crippen LogP contribution >= 0.6 is 18.5 Å². The van der Waals surface area contributed by atoms with Crippen LogP contribution in [-0.2, 0) is 15.7 Å². The smallest absolute Gasteiger partial charge is 0.393 e. The second kappa shape index (κ2) is 14.1. The van der Waals surface area contributed by atoms with E-state index in [9.17, 15) is 17.7 Å². The number of fused-ring (bicyclic) bond motifs is 1. The number of benzene rings is 2. The number of hydrogen-bond donors (Lipinski definition) is 2. The van der Waals surface area contributed by atoms with Gasteiger partial charge >= 0.3 is 6.18 Å². The van der Waals surface area contributed by atoms with Gasteiger partial charge in [-0.2, -0.15) is 13.2 Å². The number of methoxy groups -OCH3 is 1. The molecule has 2 aromatic carbocycles. The average Bonchev–Trinajstić information content (AvgIpc) is 3.31. The monoisotopic (exact) mass is 679 g/mol. The Morgan fingerprint density at radius 1 is 1.13 bits per heavy atom. The molecule has 1 aromatic heterocycles. The molecule has 2 saturated heterocycles. The van der Waals surface area contributed by atoms with Crippen LogP contribution in [0.15, 0.2) is 36.4 Å². The molecule has 0 aliphatic carbocycles. The zero-order chi connectivity index (χ0) is 33.2. The third-order valence-corrected chi connectivity index (χ3v) is 11.4.